The van der Waals surface area contributed by atoms with Crippen molar-refractivity contribution in [3.63, 3.8) is 0 Å². The van der Waals surface area contributed by atoms with Crippen LogP contribution < -0.4 is 5.32 Å². The van der Waals surface area contributed by atoms with Gasteiger partial charge >= 0.3 is 0 Å². The van der Waals surface area contributed by atoms with Gasteiger partial charge in [-0.25, -0.2) is 4.39 Å². The first kappa shape index (κ1) is 13.0. The molecule has 0 amide bonds. The van der Waals surface area contributed by atoms with Crippen LogP contribution in [0.25, 0.3) is 0 Å². The molecule has 0 saturated carbocycles. The summed E-state index contributed by atoms with van der Waals surface area (Å²) in [5.41, 5.74) is 1.47. The molecule has 0 aliphatic rings. The van der Waals surface area contributed by atoms with E-state index in [-0.39, 0.29) is 16.9 Å². The predicted octanol–water partition coefficient (Wildman–Crippen LogP) is 2.11. The second-order valence-corrected chi connectivity index (χ2v) is 4.45. The van der Waals surface area contributed by atoms with Gasteiger partial charge in [0.1, 0.15) is 5.82 Å². The van der Waals surface area contributed by atoms with Crippen LogP contribution in [0.2, 0.25) is 5.02 Å². The largest absolute Gasteiger partial charge is 0.311 e. The van der Waals surface area contributed by atoms with E-state index >= 15 is 0 Å². The van der Waals surface area contributed by atoms with Gasteiger partial charge in [-0.1, -0.05) is 28.9 Å². The van der Waals surface area contributed by atoms with Gasteiger partial charge in [0.25, 0.3) is 0 Å². The molecule has 1 aromatic heterocycles. The summed E-state index contributed by atoms with van der Waals surface area (Å²) in [7, 11) is 3.63. The molecule has 1 aromatic carbocycles. The van der Waals surface area contributed by atoms with Gasteiger partial charge in [0.2, 0.25) is 0 Å². The predicted molar refractivity (Wildman–Crippen MR) is 67.9 cm³/mol. The fourth-order valence-electron chi connectivity index (χ4n) is 1.89. The van der Waals surface area contributed by atoms with E-state index in [9.17, 15) is 4.39 Å². The van der Waals surface area contributed by atoms with Gasteiger partial charge in [-0.15, -0.1) is 5.10 Å². The number of hydrogen-bond acceptors (Lipinski definition) is 3. The molecule has 96 valence electrons. The highest BCUT2D eigenvalue weighted by atomic mass is 35.5. The van der Waals surface area contributed by atoms with E-state index in [1.165, 1.54) is 0 Å². The summed E-state index contributed by atoms with van der Waals surface area (Å²) in [6, 6.07) is 4.96. The first-order valence-electron chi connectivity index (χ1n) is 5.58. The van der Waals surface area contributed by atoms with Crippen molar-refractivity contribution in [3.05, 3.63) is 46.5 Å². The van der Waals surface area contributed by atoms with Gasteiger partial charge in [0, 0.05) is 7.05 Å². The Kier molecular flexibility index (Phi) is 3.93. The maximum absolute atomic E-state index is 13.8. The molecule has 1 heterocycles. The third-order valence-corrected chi connectivity index (χ3v) is 3.20. The second kappa shape index (κ2) is 5.46. The first-order chi connectivity index (χ1) is 8.63. The van der Waals surface area contributed by atoms with Crippen LogP contribution in [0.4, 0.5) is 4.39 Å². The maximum atomic E-state index is 13.8. The Hall–Kier alpha value is -1.46. The van der Waals surface area contributed by atoms with Crippen molar-refractivity contribution >= 4 is 11.6 Å². The minimum absolute atomic E-state index is 0.0574. The lowest BCUT2D eigenvalue weighted by molar-refractivity contribution is 0.518. The Morgan fingerprint density at radius 1 is 1.50 bits per heavy atom. The van der Waals surface area contributed by atoms with E-state index in [0.29, 0.717) is 12.0 Å². The number of aromatic nitrogens is 3. The summed E-state index contributed by atoms with van der Waals surface area (Å²) in [6.07, 6.45) is 2.16. The lowest BCUT2D eigenvalue weighted by Crippen LogP contribution is -2.22. The number of nitrogens with zero attached hydrogens (tertiary/aromatic N) is 3. The molecule has 0 spiro atoms. The van der Waals surface area contributed by atoms with Crippen LogP contribution in [0.3, 0.4) is 0 Å². The van der Waals surface area contributed by atoms with Crippen molar-refractivity contribution in [1.82, 2.24) is 20.3 Å². The summed E-state index contributed by atoms with van der Waals surface area (Å²) in [5, 5.41) is 11.0. The molecule has 1 N–H and O–H groups in total. The SMILES string of the molecule is CNC(Cc1cccc(Cl)c1F)c1cnnn1C. The van der Waals surface area contributed by atoms with Crippen molar-refractivity contribution in [1.29, 1.82) is 0 Å². The average Bonchev–Trinajstić information content (AvgIpc) is 2.77. The highest BCUT2D eigenvalue weighted by Gasteiger charge is 2.17. The lowest BCUT2D eigenvalue weighted by atomic mass is 10.0. The van der Waals surface area contributed by atoms with E-state index in [2.05, 4.69) is 15.6 Å². The molecule has 2 rings (SSSR count). The molecule has 0 aliphatic heterocycles. The highest BCUT2D eigenvalue weighted by molar-refractivity contribution is 6.30. The molecule has 0 aliphatic carbocycles. The lowest BCUT2D eigenvalue weighted by Gasteiger charge is -2.16. The molecule has 18 heavy (non-hydrogen) atoms. The van der Waals surface area contributed by atoms with Crippen LogP contribution in [-0.4, -0.2) is 22.0 Å². The van der Waals surface area contributed by atoms with Crippen LogP contribution >= 0.6 is 11.6 Å². The van der Waals surface area contributed by atoms with E-state index in [1.54, 1.807) is 36.1 Å². The summed E-state index contributed by atoms with van der Waals surface area (Å²) in [5.74, 6) is -0.366. The van der Waals surface area contributed by atoms with E-state index in [1.807, 2.05) is 7.05 Å². The minimum atomic E-state index is -0.366. The van der Waals surface area contributed by atoms with Gasteiger partial charge in [-0.2, -0.15) is 0 Å². The third-order valence-electron chi connectivity index (χ3n) is 2.91. The molecule has 2 aromatic rings. The molecule has 1 unspecified atom stereocenters. The zero-order valence-electron chi connectivity index (χ0n) is 10.2. The van der Waals surface area contributed by atoms with E-state index in [0.717, 1.165) is 5.69 Å². The number of rotatable bonds is 4. The van der Waals surface area contributed by atoms with Gasteiger partial charge in [-0.05, 0) is 25.1 Å². The minimum Gasteiger partial charge on any atom is -0.311 e. The summed E-state index contributed by atoms with van der Waals surface area (Å²) < 4.78 is 15.5. The Morgan fingerprint density at radius 3 is 2.89 bits per heavy atom. The number of nitrogens with one attached hydrogen (secondary N) is 1. The molecule has 6 heteroatoms. The fraction of sp³-hybridized carbons (Fsp3) is 0.333. The topological polar surface area (TPSA) is 42.7 Å². The van der Waals surface area contributed by atoms with Gasteiger partial charge in [0.05, 0.1) is 23.0 Å². The van der Waals surface area contributed by atoms with Crippen molar-refractivity contribution in [2.45, 2.75) is 12.5 Å². The first-order valence-corrected chi connectivity index (χ1v) is 5.96. The molecular weight excluding hydrogens is 255 g/mol. The second-order valence-electron chi connectivity index (χ2n) is 4.04. The molecule has 1 atom stereocenters. The highest BCUT2D eigenvalue weighted by Crippen LogP contribution is 2.23. The van der Waals surface area contributed by atoms with Crippen LogP contribution in [0.15, 0.2) is 24.4 Å². The number of benzene rings is 1. The molecule has 4 nitrogen and oxygen atoms in total. The van der Waals surface area contributed by atoms with Crippen LogP contribution in [0.5, 0.6) is 0 Å². The summed E-state index contributed by atoms with van der Waals surface area (Å²) in [4.78, 5) is 0. The number of hydrogen-bond donors (Lipinski definition) is 1. The Balaban J connectivity index is 2.26. The van der Waals surface area contributed by atoms with E-state index < -0.39 is 0 Å². The third kappa shape index (κ3) is 2.52. The summed E-state index contributed by atoms with van der Waals surface area (Å²) >= 11 is 5.77. The van der Waals surface area contributed by atoms with Gasteiger partial charge < -0.3 is 5.32 Å². The van der Waals surface area contributed by atoms with Crippen molar-refractivity contribution in [3.8, 4) is 0 Å². The average molecular weight is 269 g/mol. The summed E-state index contributed by atoms with van der Waals surface area (Å²) in [6.45, 7) is 0. The zero-order chi connectivity index (χ0) is 13.1. The molecule has 0 saturated heterocycles. The number of likely N-dealkylation sites (N-methyl/N-ethyl adjacent to an activating group) is 1. The maximum Gasteiger partial charge on any atom is 0.145 e. The van der Waals surface area contributed by atoms with Gasteiger partial charge in [-0.3, -0.25) is 4.68 Å². The van der Waals surface area contributed by atoms with Crippen molar-refractivity contribution < 1.29 is 4.39 Å². The van der Waals surface area contributed by atoms with E-state index in [4.69, 9.17) is 11.6 Å². The molecular formula is C12H14ClFN4. The smallest absolute Gasteiger partial charge is 0.145 e. The Bertz CT molecular complexity index is 541. The fourth-order valence-corrected chi connectivity index (χ4v) is 2.09. The Morgan fingerprint density at radius 2 is 2.28 bits per heavy atom. The number of halogens is 2. The molecule has 0 radical (unpaired) electrons. The standard InChI is InChI=1S/C12H14ClFN4/c1-15-10(11-7-16-17-18(11)2)6-8-4-3-5-9(13)12(8)14/h3-5,7,10,15H,6H2,1-2H3. The Labute approximate surface area is 110 Å². The quantitative estimate of drug-likeness (QED) is 0.924. The van der Waals surface area contributed by atoms with Crippen molar-refractivity contribution in [2.24, 2.45) is 7.05 Å². The number of aryl methyl sites for hydroxylation is 1. The molecule has 0 bridgehead atoms. The van der Waals surface area contributed by atoms with Crippen LogP contribution in [-0.2, 0) is 13.5 Å². The van der Waals surface area contributed by atoms with Crippen molar-refractivity contribution in [2.75, 3.05) is 7.05 Å². The molecule has 0 fully saturated rings. The van der Waals surface area contributed by atoms with Crippen LogP contribution in [0.1, 0.15) is 17.3 Å². The van der Waals surface area contributed by atoms with Crippen LogP contribution in [0, 0.1) is 5.82 Å². The normalized spacial score (nSPS) is 12.7. The monoisotopic (exact) mass is 268 g/mol. The van der Waals surface area contributed by atoms with Gasteiger partial charge in [0.15, 0.2) is 0 Å². The zero-order valence-corrected chi connectivity index (χ0v) is 10.9.